The summed E-state index contributed by atoms with van der Waals surface area (Å²) in [6, 6.07) is 2.11. The van der Waals surface area contributed by atoms with Crippen LogP contribution in [0.1, 0.15) is 47.5 Å². The van der Waals surface area contributed by atoms with Crippen LogP contribution in [0.4, 0.5) is 0 Å². The number of hydrogen-bond donors (Lipinski definition) is 1. The lowest BCUT2D eigenvalue weighted by Crippen LogP contribution is -2.42. The number of nitrogens with two attached hydrogens (primary N) is 1. The van der Waals surface area contributed by atoms with E-state index in [-0.39, 0.29) is 17.2 Å². The molecule has 0 aliphatic rings. The third-order valence-electron chi connectivity index (χ3n) is 2.88. The Morgan fingerprint density at radius 3 is 2.32 bits per heavy atom. The summed E-state index contributed by atoms with van der Waals surface area (Å²) in [5.41, 5.74) is 5.85. The molecular formula is C15H29N3O. The van der Waals surface area contributed by atoms with Gasteiger partial charge in [0.2, 0.25) is 5.91 Å². The fourth-order valence-electron chi connectivity index (χ4n) is 2.19. The lowest BCUT2D eigenvalue weighted by molar-refractivity contribution is -0.136. The van der Waals surface area contributed by atoms with Crippen molar-refractivity contribution >= 4 is 5.91 Å². The zero-order valence-corrected chi connectivity index (χ0v) is 13.1. The molecule has 2 N–H and O–H groups in total. The fourth-order valence-corrected chi connectivity index (χ4v) is 2.19. The monoisotopic (exact) mass is 267 g/mol. The van der Waals surface area contributed by atoms with Crippen molar-refractivity contribution in [3.05, 3.63) is 0 Å². The minimum atomic E-state index is -0.141. The van der Waals surface area contributed by atoms with Gasteiger partial charge in [0.05, 0.1) is 18.4 Å². The smallest absolute Gasteiger partial charge is 0.227 e. The molecule has 110 valence electrons. The molecule has 1 amide bonds. The summed E-state index contributed by atoms with van der Waals surface area (Å²) in [6.07, 6.45) is 1.16. The average Bonchev–Trinajstić information content (AvgIpc) is 2.29. The predicted molar refractivity (Wildman–Crippen MR) is 78.3 cm³/mol. The zero-order valence-electron chi connectivity index (χ0n) is 13.1. The standard InChI is InChI=1S/C15H29N3O/c1-12(2)11-18(8-6-7-16)14(19)13(10-17)9-15(3,4)5/h12-13H,6,8-11,17H2,1-5H3. The fraction of sp³-hybridized carbons (Fsp3) is 0.867. The average molecular weight is 267 g/mol. The third-order valence-corrected chi connectivity index (χ3v) is 2.88. The summed E-state index contributed by atoms with van der Waals surface area (Å²) in [5, 5.41) is 8.70. The first-order valence-electron chi connectivity index (χ1n) is 7.07. The van der Waals surface area contributed by atoms with E-state index < -0.39 is 0 Å². The molecule has 0 aliphatic carbocycles. The number of hydrogen-bond acceptors (Lipinski definition) is 3. The first kappa shape index (κ1) is 17.9. The van der Waals surface area contributed by atoms with Crippen LogP contribution in [0.5, 0.6) is 0 Å². The van der Waals surface area contributed by atoms with E-state index >= 15 is 0 Å². The third kappa shape index (κ3) is 7.84. The topological polar surface area (TPSA) is 70.1 Å². The van der Waals surface area contributed by atoms with Crippen LogP contribution in [0, 0.1) is 28.6 Å². The summed E-state index contributed by atoms with van der Waals surface area (Å²) in [7, 11) is 0. The molecule has 1 atom stereocenters. The van der Waals surface area contributed by atoms with Gasteiger partial charge >= 0.3 is 0 Å². The van der Waals surface area contributed by atoms with E-state index in [1.165, 1.54) is 0 Å². The maximum atomic E-state index is 12.5. The minimum absolute atomic E-state index is 0.0818. The molecule has 0 fully saturated rings. The summed E-state index contributed by atoms with van der Waals surface area (Å²) in [4.78, 5) is 14.3. The van der Waals surface area contributed by atoms with Crippen LogP contribution in [-0.2, 0) is 4.79 Å². The number of carbonyl (C=O) groups excluding carboxylic acids is 1. The van der Waals surface area contributed by atoms with Crippen LogP contribution in [0.2, 0.25) is 0 Å². The summed E-state index contributed by atoms with van der Waals surface area (Å²) in [5.74, 6) is 0.356. The van der Waals surface area contributed by atoms with Crippen LogP contribution < -0.4 is 5.73 Å². The number of carbonyl (C=O) groups is 1. The quantitative estimate of drug-likeness (QED) is 0.770. The Balaban J connectivity index is 4.78. The molecule has 0 aromatic heterocycles. The van der Waals surface area contributed by atoms with Crippen LogP contribution in [0.25, 0.3) is 0 Å². The van der Waals surface area contributed by atoms with Gasteiger partial charge in [-0.3, -0.25) is 4.79 Å². The zero-order chi connectivity index (χ0) is 15.1. The van der Waals surface area contributed by atoms with Crippen LogP contribution in [0.15, 0.2) is 0 Å². The van der Waals surface area contributed by atoms with Gasteiger partial charge < -0.3 is 10.6 Å². The van der Waals surface area contributed by atoms with Gasteiger partial charge in [0, 0.05) is 19.6 Å². The summed E-state index contributed by atoms with van der Waals surface area (Å²) < 4.78 is 0. The van der Waals surface area contributed by atoms with Gasteiger partial charge in [-0.1, -0.05) is 34.6 Å². The van der Waals surface area contributed by atoms with Gasteiger partial charge in [-0.15, -0.1) is 0 Å². The highest BCUT2D eigenvalue weighted by Crippen LogP contribution is 2.25. The number of nitriles is 1. The molecule has 0 spiro atoms. The van der Waals surface area contributed by atoms with Crippen LogP contribution in [-0.4, -0.2) is 30.4 Å². The van der Waals surface area contributed by atoms with Crippen molar-refractivity contribution in [1.29, 1.82) is 5.26 Å². The van der Waals surface area contributed by atoms with Gasteiger partial charge in [-0.25, -0.2) is 0 Å². The molecular weight excluding hydrogens is 238 g/mol. The maximum absolute atomic E-state index is 12.5. The molecule has 0 aliphatic heterocycles. The van der Waals surface area contributed by atoms with Gasteiger partial charge in [0.25, 0.3) is 0 Å². The summed E-state index contributed by atoms with van der Waals surface area (Å²) in [6.45, 7) is 12.1. The molecule has 0 aromatic rings. The van der Waals surface area contributed by atoms with Crippen molar-refractivity contribution in [2.75, 3.05) is 19.6 Å². The molecule has 0 saturated carbocycles. The molecule has 0 aromatic carbocycles. The number of amides is 1. The highest BCUT2D eigenvalue weighted by atomic mass is 16.2. The molecule has 0 radical (unpaired) electrons. The molecule has 1 unspecified atom stereocenters. The van der Waals surface area contributed by atoms with Crippen molar-refractivity contribution in [3.8, 4) is 6.07 Å². The second-order valence-electron chi connectivity index (χ2n) is 6.78. The molecule has 0 bridgehead atoms. The predicted octanol–water partition coefficient (Wildman–Crippen LogP) is 2.40. The Morgan fingerprint density at radius 2 is 1.95 bits per heavy atom. The first-order chi connectivity index (χ1) is 8.71. The first-order valence-corrected chi connectivity index (χ1v) is 7.07. The maximum Gasteiger partial charge on any atom is 0.227 e. The van der Waals surface area contributed by atoms with E-state index in [0.29, 0.717) is 32.0 Å². The Morgan fingerprint density at radius 1 is 1.37 bits per heavy atom. The largest absolute Gasteiger partial charge is 0.341 e. The highest BCUT2D eigenvalue weighted by Gasteiger charge is 2.27. The highest BCUT2D eigenvalue weighted by molar-refractivity contribution is 5.79. The second-order valence-corrected chi connectivity index (χ2v) is 6.78. The summed E-state index contributed by atoms with van der Waals surface area (Å²) >= 11 is 0. The van der Waals surface area contributed by atoms with Crippen molar-refractivity contribution in [3.63, 3.8) is 0 Å². The van der Waals surface area contributed by atoms with Gasteiger partial charge in [0.15, 0.2) is 0 Å². The minimum Gasteiger partial charge on any atom is -0.341 e. The van der Waals surface area contributed by atoms with Crippen LogP contribution >= 0.6 is 0 Å². The van der Waals surface area contributed by atoms with Gasteiger partial charge in [-0.05, 0) is 17.8 Å². The van der Waals surface area contributed by atoms with E-state index in [1.54, 1.807) is 4.90 Å². The van der Waals surface area contributed by atoms with Crippen molar-refractivity contribution in [2.45, 2.75) is 47.5 Å². The lowest BCUT2D eigenvalue weighted by atomic mass is 9.84. The Hall–Kier alpha value is -1.08. The van der Waals surface area contributed by atoms with E-state index in [0.717, 1.165) is 6.42 Å². The Kier molecular flexibility index (Phi) is 7.70. The molecule has 0 saturated heterocycles. The molecule has 19 heavy (non-hydrogen) atoms. The van der Waals surface area contributed by atoms with Gasteiger partial charge in [-0.2, -0.15) is 5.26 Å². The molecule has 4 nitrogen and oxygen atoms in total. The van der Waals surface area contributed by atoms with Crippen molar-refractivity contribution in [2.24, 2.45) is 23.0 Å². The van der Waals surface area contributed by atoms with Crippen LogP contribution in [0.3, 0.4) is 0 Å². The number of nitrogens with zero attached hydrogens (tertiary/aromatic N) is 2. The molecule has 4 heteroatoms. The van der Waals surface area contributed by atoms with Crippen molar-refractivity contribution < 1.29 is 4.79 Å². The normalized spacial score (nSPS) is 13.2. The van der Waals surface area contributed by atoms with E-state index in [9.17, 15) is 4.79 Å². The second kappa shape index (κ2) is 8.16. The Labute approximate surface area is 118 Å². The Bertz CT molecular complexity index is 312. The van der Waals surface area contributed by atoms with E-state index in [1.807, 2.05) is 0 Å². The van der Waals surface area contributed by atoms with Gasteiger partial charge in [0.1, 0.15) is 0 Å². The molecule has 0 rings (SSSR count). The molecule has 0 heterocycles. The number of rotatable bonds is 7. The lowest BCUT2D eigenvalue weighted by Gasteiger charge is -2.31. The van der Waals surface area contributed by atoms with Crippen molar-refractivity contribution in [1.82, 2.24) is 4.90 Å². The van der Waals surface area contributed by atoms with E-state index in [4.69, 9.17) is 11.0 Å². The van der Waals surface area contributed by atoms with E-state index in [2.05, 4.69) is 40.7 Å². The SMILES string of the molecule is CC(C)CN(CCC#N)C(=O)C(CN)CC(C)(C)C.